The molecule has 1 atom stereocenters. The minimum absolute atomic E-state index is 0.0227. The summed E-state index contributed by atoms with van der Waals surface area (Å²) < 4.78 is 0. The molecule has 0 radical (unpaired) electrons. The van der Waals surface area contributed by atoms with E-state index in [9.17, 15) is 9.59 Å². The summed E-state index contributed by atoms with van der Waals surface area (Å²) in [4.78, 5) is 26.3. The molecule has 122 valence electrons. The highest BCUT2D eigenvalue weighted by molar-refractivity contribution is 5.87. The van der Waals surface area contributed by atoms with E-state index in [0.29, 0.717) is 13.0 Å². The van der Waals surface area contributed by atoms with Crippen molar-refractivity contribution in [3.05, 3.63) is 35.4 Å². The van der Waals surface area contributed by atoms with Crippen LogP contribution in [0.5, 0.6) is 0 Å². The highest BCUT2D eigenvalue weighted by Crippen LogP contribution is 2.12. The molecule has 4 heteroatoms. The predicted octanol–water partition coefficient (Wildman–Crippen LogP) is 3.04. The first-order valence-corrected chi connectivity index (χ1v) is 8.00. The average Bonchev–Trinajstić information content (AvgIpc) is 2.45. The van der Waals surface area contributed by atoms with Gasteiger partial charge in [-0.05, 0) is 39.7 Å². The van der Waals surface area contributed by atoms with Crippen LogP contribution in [0.3, 0.4) is 0 Å². The molecule has 0 saturated carbocycles. The van der Waals surface area contributed by atoms with E-state index < -0.39 is 6.04 Å². The van der Waals surface area contributed by atoms with E-state index >= 15 is 0 Å². The number of hydrogen-bond acceptors (Lipinski definition) is 2. The highest BCUT2D eigenvalue weighted by Gasteiger charge is 2.25. The molecule has 1 aromatic carbocycles. The average molecular weight is 304 g/mol. The van der Waals surface area contributed by atoms with Crippen molar-refractivity contribution in [1.29, 1.82) is 0 Å². The van der Waals surface area contributed by atoms with Crippen LogP contribution in [0.15, 0.2) is 24.3 Å². The number of nitrogens with zero attached hydrogens (tertiary/aromatic N) is 1. The predicted molar refractivity (Wildman–Crippen MR) is 89.4 cm³/mol. The van der Waals surface area contributed by atoms with E-state index in [0.717, 1.165) is 12.0 Å². The van der Waals surface area contributed by atoms with E-state index in [2.05, 4.69) is 5.32 Å². The molecule has 1 N–H and O–H groups in total. The zero-order chi connectivity index (χ0) is 16.7. The molecule has 0 fully saturated rings. The number of aryl methyl sites for hydroxylation is 1. The second kappa shape index (κ2) is 8.57. The molecule has 0 saturated heterocycles. The van der Waals surface area contributed by atoms with Gasteiger partial charge in [-0.25, -0.2) is 0 Å². The van der Waals surface area contributed by atoms with E-state index in [1.54, 1.807) is 11.8 Å². The van der Waals surface area contributed by atoms with Gasteiger partial charge >= 0.3 is 0 Å². The summed E-state index contributed by atoms with van der Waals surface area (Å²) in [6, 6.07) is 7.66. The van der Waals surface area contributed by atoms with Gasteiger partial charge in [-0.1, -0.05) is 36.8 Å². The second-order valence-electron chi connectivity index (χ2n) is 6.10. The summed E-state index contributed by atoms with van der Waals surface area (Å²) in [6.07, 6.45) is 1.24. The van der Waals surface area contributed by atoms with Crippen molar-refractivity contribution in [2.24, 2.45) is 0 Å². The molecule has 0 unspecified atom stereocenters. The quantitative estimate of drug-likeness (QED) is 0.841. The van der Waals surface area contributed by atoms with E-state index in [1.807, 2.05) is 52.0 Å². The van der Waals surface area contributed by atoms with Gasteiger partial charge in [0.05, 0.1) is 0 Å². The van der Waals surface area contributed by atoms with Crippen LogP contribution < -0.4 is 5.32 Å². The number of amides is 2. The van der Waals surface area contributed by atoms with Crippen LogP contribution in [0.4, 0.5) is 0 Å². The number of carbonyl (C=O) groups excluding carboxylic acids is 2. The van der Waals surface area contributed by atoms with Gasteiger partial charge in [0.2, 0.25) is 11.8 Å². The van der Waals surface area contributed by atoms with Crippen molar-refractivity contribution < 1.29 is 9.59 Å². The summed E-state index contributed by atoms with van der Waals surface area (Å²) in [5, 5.41) is 2.88. The lowest BCUT2D eigenvalue weighted by molar-refractivity contribution is -0.140. The first-order chi connectivity index (χ1) is 10.3. The Balaban J connectivity index is 2.89. The normalized spacial score (nSPS) is 12.1. The summed E-state index contributed by atoms with van der Waals surface area (Å²) in [5.74, 6) is -0.0824. The van der Waals surface area contributed by atoms with Crippen molar-refractivity contribution in [3.63, 3.8) is 0 Å². The van der Waals surface area contributed by atoms with Gasteiger partial charge in [0.1, 0.15) is 6.04 Å². The van der Waals surface area contributed by atoms with E-state index in [-0.39, 0.29) is 17.9 Å². The minimum atomic E-state index is -0.470. The molecule has 4 nitrogen and oxygen atoms in total. The first kappa shape index (κ1) is 18.2. The van der Waals surface area contributed by atoms with Gasteiger partial charge in [0.25, 0.3) is 0 Å². The number of hydrogen-bond donors (Lipinski definition) is 1. The van der Waals surface area contributed by atoms with Gasteiger partial charge in [-0.2, -0.15) is 0 Å². The van der Waals surface area contributed by atoms with Crippen molar-refractivity contribution in [2.45, 2.75) is 66.1 Å². The molecule has 1 rings (SSSR count). The molecule has 0 aliphatic rings. The minimum Gasteiger partial charge on any atom is -0.352 e. The Bertz CT molecular complexity index is 494. The van der Waals surface area contributed by atoms with E-state index in [1.165, 1.54) is 5.56 Å². The maximum Gasteiger partial charge on any atom is 0.242 e. The number of nitrogens with one attached hydrogen (secondary N) is 1. The van der Waals surface area contributed by atoms with E-state index in [4.69, 9.17) is 0 Å². The Hall–Kier alpha value is -1.84. The topological polar surface area (TPSA) is 49.4 Å². The number of benzene rings is 1. The fraction of sp³-hybridized carbons (Fsp3) is 0.556. The van der Waals surface area contributed by atoms with Crippen LogP contribution in [0, 0.1) is 6.92 Å². The van der Waals surface area contributed by atoms with Crippen molar-refractivity contribution in [3.8, 4) is 0 Å². The lowest BCUT2D eigenvalue weighted by Crippen LogP contribution is -2.49. The van der Waals surface area contributed by atoms with Crippen LogP contribution in [0.25, 0.3) is 0 Å². The zero-order valence-electron chi connectivity index (χ0n) is 14.3. The third-order valence-corrected chi connectivity index (χ3v) is 3.54. The van der Waals surface area contributed by atoms with Crippen LogP contribution in [0.2, 0.25) is 0 Å². The van der Waals surface area contributed by atoms with Gasteiger partial charge in [-0.15, -0.1) is 0 Å². The maximum absolute atomic E-state index is 12.4. The van der Waals surface area contributed by atoms with Crippen molar-refractivity contribution in [2.75, 3.05) is 0 Å². The number of rotatable bonds is 7. The Morgan fingerprint density at radius 3 is 2.23 bits per heavy atom. The summed E-state index contributed by atoms with van der Waals surface area (Å²) in [5.41, 5.74) is 2.22. The van der Waals surface area contributed by atoms with Gasteiger partial charge < -0.3 is 10.2 Å². The fourth-order valence-corrected chi connectivity index (χ4v) is 2.24. The van der Waals surface area contributed by atoms with Crippen LogP contribution in [-0.2, 0) is 16.1 Å². The second-order valence-corrected chi connectivity index (χ2v) is 6.10. The van der Waals surface area contributed by atoms with Gasteiger partial charge in [-0.3, -0.25) is 9.59 Å². The first-order valence-electron chi connectivity index (χ1n) is 8.00. The molecule has 2 amide bonds. The Kier molecular flexibility index (Phi) is 7.09. The largest absolute Gasteiger partial charge is 0.352 e. The summed E-state index contributed by atoms with van der Waals surface area (Å²) in [6.45, 7) is 10.1. The Morgan fingerprint density at radius 1 is 1.14 bits per heavy atom. The maximum atomic E-state index is 12.4. The van der Waals surface area contributed by atoms with Crippen LogP contribution in [0.1, 0.15) is 51.7 Å². The third-order valence-electron chi connectivity index (χ3n) is 3.54. The molecular weight excluding hydrogens is 276 g/mol. The molecular formula is C18H28N2O2. The van der Waals surface area contributed by atoms with Gasteiger partial charge in [0, 0.05) is 19.0 Å². The van der Waals surface area contributed by atoms with Crippen LogP contribution in [-0.4, -0.2) is 28.8 Å². The van der Waals surface area contributed by atoms with Crippen molar-refractivity contribution in [1.82, 2.24) is 10.2 Å². The third kappa shape index (κ3) is 5.51. The summed E-state index contributed by atoms with van der Waals surface area (Å²) >= 11 is 0. The Labute approximate surface area is 133 Å². The molecule has 0 aliphatic carbocycles. The highest BCUT2D eigenvalue weighted by atomic mass is 16.2. The molecule has 1 aromatic rings. The monoisotopic (exact) mass is 304 g/mol. The molecule has 0 aromatic heterocycles. The SMILES string of the molecule is CCCC(=O)N(Cc1ccc(C)cc1)[C@H](C)C(=O)NC(C)C. The molecule has 22 heavy (non-hydrogen) atoms. The fourth-order valence-electron chi connectivity index (χ4n) is 2.24. The zero-order valence-corrected chi connectivity index (χ0v) is 14.3. The Morgan fingerprint density at radius 2 is 1.73 bits per heavy atom. The van der Waals surface area contributed by atoms with Gasteiger partial charge in [0.15, 0.2) is 0 Å². The molecule has 0 spiro atoms. The number of carbonyl (C=O) groups is 2. The van der Waals surface area contributed by atoms with Crippen LogP contribution >= 0.6 is 0 Å². The lowest BCUT2D eigenvalue weighted by Gasteiger charge is -2.29. The smallest absolute Gasteiger partial charge is 0.242 e. The molecule has 0 bridgehead atoms. The standard InChI is InChI=1S/C18H28N2O2/c1-6-7-17(21)20(15(5)18(22)19-13(2)3)12-16-10-8-14(4)9-11-16/h8-11,13,15H,6-7,12H2,1-5H3,(H,19,22)/t15-/m1/s1. The van der Waals surface area contributed by atoms with Crippen molar-refractivity contribution >= 4 is 11.8 Å². The lowest BCUT2D eigenvalue weighted by atomic mass is 10.1. The summed E-state index contributed by atoms with van der Waals surface area (Å²) in [7, 11) is 0. The molecule has 0 aliphatic heterocycles. The molecule has 0 heterocycles.